The van der Waals surface area contributed by atoms with Gasteiger partial charge in [0.2, 0.25) is 22.8 Å². The molecule has 0 bridgehead atoms. The van der Waals surface area contributed by atoms with Crippen molar-refractivity contribution in [1.29, 1.82) is 5.26 Å². The number of ether oxygens (including phenoxy) is 2. The van der Waals surface area contributed by atoms with Gasteiger partial charge in [-0.15, -0.1) is 10.2 Å². The van der Waals surface area contributed by atoms with Crippen LogP contribution < -0.4 is 20.3 Å². The molecule has 15 nitrogen and oxygen atoms in total. The van der Waals surface area contributed by atoms with Gasteiger partial charge in [0.05, 0.1) is 40.1 Å². The van der Waals surface area contributed by atoms with Gasteiger partial charge in [-0.05, 0) is 80.7 Å². The average molecular weight is 788 g/mol. The number of anilines is 2. The molecule has 4 fully saturated rings. The van der Waals surface area contributed by atoms with Crippen LogP contribution in [0.2, 0.25) is 0 Å². The molecule has 5 aromatic heterocycles. The third-order valence-electron chi connectivity index (χ3n) is 11.7. The Hall–Kier alpha value is -5.50. The van der Waals surface area contributed by atoms with E-state index in [0.29, 0.717) is 30.2 Å². The molecule has 0 radical (unpaired) electrons. The van der Waals surface area contributed by atoms with E-state index in [1.165, 1.54) is 0 Å². The van der Waals surface area contributed by atoms with Gasteiger partial charge in [0.1, 0.15) is 12.2 Å². The van der Waals surface area contributed by atoms with Crippen LogP contribution in [0.3, 0.4) is 0 Å². The van der Waals surface area contributed by atoms with Crippen molar-refractivity contribution in [3.63, 3.8) is 0 Å². The number of hydrogen-bond acceptors (Lipinski definition) is 14. The van der Waals surface area contributed by atoms with Crippen LogP contribution >= 0.6 is 11.3 Å². The molecule has 0 aromatic carbocycles. The van der Waals surface area contributed by atoms with E-state index >= 15 is 0 Å². The molecule has 2 amide bonds. The van der Waals surface area contributed by atoms with Crippen LogP contribution in [0.15, 0.2) is 55.0 Å². The molecule has 5 aromatic rings. The quantitative estimate of drug-likeness (QED) is 0.180. The van der Waals surface area contributed by atoms with Gasteiger partial charge in [0.15, 0.2) is 5.01 Å². The second-order valence-electron chi connectivity index (χ2n) is 15.4. The van der Waals surface area contributed by atoms with Gasteiger partial charge in [-0.25, -0.2) is 9.50 Å². The van der Waals surface area contributed by atoms with Crippen LogP contribution in [-0.2, 0) is 14.3 Å². The van der Waals surface area contributed by atoms with E-state index in [1.807, 2.05) is 41.0 Å². The fourth-order valence-corrected chi connectivity index (χ4v) is 9.34. The first kappa shape index (κ1) is 37.1. The Morgan fingerprint density at radius 3 is 2.54 bits per heavy atom. The van der Waals surface area contributed by atoms with E-state index in [4.69, 9.17) is 14.5 Å². The summed E-state index contributed by atoms with van der Waals surface area (Å²) >= 11 is 1.61. The van der Waals surface area contributed by atoms with Crippen LogP contribution in [0.25, 0.3) is 27.5 Å². The van der Waals surface area contributed by atoms with E-state index < -0.39 is 0 Å². The van der Waals surface area contributed by atoms with E-state index in [0.717, 1.165) is 128 Å². The lowest BCUT2D eigenvalue weighted by atomic mass is 9.87. The molecule has 1 unspecified atom stereocenters. The summed E-state index contributed by atoms with van der Waals surface area (Å²) in [6, 6.07) is 14.0. The number of nitrogens with zero attached hydrogens (tertiary/aromatic N) is 9. The average Bonchev–Trinajstić information content (AvgIpc) is 3.91. The summed E-state index contributed by atoms with van der Waals surface area (Å²) in [5.74, 6) is 0.426. The number of piperidine rings is 1. The molecule has 0 spiro atoms. The first-order valence-corrected chi connectivity index (χ1v) is 20.8. The third-order valence-corrected chi connectivity index (χ3v) is 12.7. The van der Waals surface area contributed by atoms with Crippen molar-refractivity contribution in [3.05, 3.63) is 66.1 Å². The zero-order valence-electron chi connectivity index (χ0n) is 31.7. The molecule has 8 heterocycles. The molecule has 294 valence electrons. The maximum absolute atomic E-state index is 12.2. The van der Waals surface area contributed by atoms with Crippen molar-refractivity contribution >= 4 is 39.5 Å². The lowest BCUT2D eigenvalue weighted by Crippen LogP contribution is -2.48. The van der Waals surface area contributed by atoms with Gasteiger partial charge < -0.3 is 19.7 Å². The molecule has 3 saturated heterocycles. The summed E-state index contributed by atoms with van der Waals surface area (Å²) in [5, 5.41) is 31.1. The van der Waals surface area contributed by atoms with E-state index in [1.54, 1.807) is 23.7 Å². The molecule has 9 rings (SSSR count). The summed E-state index contributed by atoms with van der Waals surface area (Å²) < 4.78 is 13.7. The third kappa shape index (κ3) is 8.32. The van der Waals surface area contributed by atoms with E-state index in [9.17, 15) is 14.9 Å². The Morgan fingerprint density at radius 2 is 1.77 bits per heavy atom. The Bertz CT molecular complexity index is 2270. The molecular weight excluding hydrogens is 743 g/mol. The van der Waals surface area contributed by atoms with E-state index in [2.05, 4.69) is 52.8 Å². The van der Waals surface area contributed by atoms with Crippen LogP contribution in [-0.4, -0.2) is 105 Å². The number of pyridine rings is 2. The molecule has 16 heteroatoms. The lowest BCUT2D eigenvalue weighted by molar-refractivity contribution is -0.134. The number of hydrogen-bond donors (Lipinski definition) is 2. The Morgan fingerprint density at radius 1 is 0.930 bits per heavy atom. The summed E-state index contributed by atoms with van der Waals surface area (Å²) in [4.78, 5) is 38.0. The lowest BCUT2D eigenvalue weighted by Gasteiger charge is -2.37. The topological polar surface area (TPSA) is 176 Å². The highest BCUT2D eigenvalue weighted by Gasteiger charge is 2.30. The van der Waals surface area contributed by atoms with Crippen molar-refractivity contribution in [1.82, 2.24) is 40.0 Å². The number of aromatic nitrogens is 6. The van der Waals surface area contributed by atoms with Crippen molar-refractivity contribution in [2.45, 2.75) is 69.4 Å². The normalized spacial score (nSPS) is 22.3. The Labute approximate surface area is 334 Å². The number of fused-ring (bicyclic) bond motifs is 1. The Balaban J connectivity index is 0.790. The van der Waals surface area contributed by atoms with Crippen LogP contribution in [0.4, 0.5) is 10.8 Å². The zero-order chi connectivity index (χ0) is 38.7. The largest absolute Gasteiger partial charge is 0.474 e. The smallest absolute Gasteiger partial charge is 0.234 e. The molecule has 4 aliphatic rings. The second kappa shape index (κ2) is 16.5. The molecular formula is C41H45N11O4S. The summed E-state index contributed by atoms with van der Waals surface area (Å²) in [7, 11) is 0. The molecule has 1 aliphatic carbocycles. The first-order chi connectivity index (χ1) is 28.0. The predicted molar refractivity (Wildman–Crippen MR) is 214 cm³/mol. The molecule has 2 N–H and O–H groups in total. The van der Waals surface area contributed by atoms with Crippen molar-refractivity contribution in [2.24, 2.45) is 5.92 Å². The standard InChI is InChI=1S/C41H45N11O4S/c42-21-27-19-30-4-8-36(52(30)45-22-27)35-20-34(46-29-11-17-55-18-12-29)33(24-43-35)40-48-49-41(57-40)51-15-13-50(14-16-51)25-26-1-5-31(6-2-26)56-38-10-3-28(23-44-38)32-7-9-37(53)47-39(32)54/h3-4,8,10,19-20,22-24,26,29,31-32H,1-2,5-7,9,11-18,25H2,(H,43,46)(H,47,53,54). The minimum absolute atomic E-state index is 0.141. The maximum Gasteiger partial charge on any atom is 0.234 e. The van der Waals surface area contributed by atoms with Gasteiger partial charge in [-0.3, -0.25) is 24.8 Å². The number of carbonyl (C=O) groups excluding carboxylic acids is 2. The Kier molecular flexibility index (Phi) is 10.8. The van der Waals surface area contributed by atoms with Crippen molar-refractivity contribution in [3.8, 4) is 33.9 Å². The number of rotatable bonds is 10. The summed E-state index contributed by atoms with van der Waals surface area (Å²) in [6.07, 6.45) is 12.3. The fraction of sp³-hybridized carbons (Fsp3) is 0.463. The molecule has 1 atom stereocenters. The number of nitriles is 1. The fourth-order valence-electron chi connectivity index (χ4n) is 8.42. The second-order valence-corrected chi connectivity index (χ2v) is 16.4. The van der Waals surface area contributed by atoms with Gasteiger partial charge in [0.25, 0.3) is 0 Å². The first-order valence-electron chi connectivity index (χ1n) is 20.0. The number of amides is 2. The maximum atomic E-state index is 12.2. The van der Waals surface area contributed by atoms with Crippen LogP contribution in [0, 0.1) is 17.2 Å². The highest BCUT2D eigenvalue weighted by Crippen LogP contribution is 2.37. The summed E-state index contributed by atoms with van der Waals surface area (Å²) in [6.45, 7) is 6.32. The minimum Gasteiger partial charge on any atom is -0.474 e. The zero-order valence-corrected chi connectivity index (χ0v) is 32.5. The number of nitrogens with one attached hydrogen (secondary N) is 2. The SMILES string of the molecule is N#Cc1cnn2c(-c3cc(NC4CCOCC4)c(-c4nnc(N5CCN(CC6CCC(Oc7ccc(C8CCC(=O)NC8=O)cn7)CC6)CC5)s4)cn3)ccc2c1. The van der Waals surface area contributed by atoms with Crippen LogP contribution in [0.5, 0.6) is 5.88 Å². The number of piperazine rings is 1. The number of imide groups is 1. The van der Waals surface area contributed by atoms with Gasteiger partial charge >= 0.3 is 0 Å². The van der Waals surface area contributed by atoms with Gasteiger partial charge in [-0.1, -0.05) is 17.4 Å². The van der Waals surface area contributed by atoms with Crippen LogP contribution in [0.1, 0.15) is 68.4 Å². The minimum atomic E-state index is -0.338. The van der Waals surface area contributed by atoms with Crippen molar-refractivity contribution < 1.29 is 19.1 Å². The predicted octanol–water partition coefficient (Wildman–Crippen LogP) is 5.05. The number of carbonyl (C=O) groups is 2. The molecule has 3 aliphatic heterocycles. The molecule has 57 heavy (non-hydrogen) atoms. The van der Waals surface area contributed by atoms with Gasteiger partial charge in [-0.2, -0.15) is 10.4 Å². The summed E-state index contributed by atoms with van der Waals surface area (Å²) in [5.41, 5.74) is 5.69. The van der Waals surface area contributed by atoms with Crippen molar-refractivity contribution in [2.75, 3.05) is 56.2 Å². The highest BCUT2D eigenvalue weighted by atomic mass is 32.1. The van der Waals surface area contributed by atoms with E-state index in [-0.39, 0.29) is 29.9 Å². The monoisotopic (exact) mass is 787 g/mol. The highest BCUT2D eigenvalue weighted by molar-refractivity contribution is 7.18. The molecule has 1 saturated carbocycles. The van der Waals surface area contributed by atoms with Gasteiger partial charge in [0, 0.05) is 82.5 Å².